The van der Waals surface area contributed by atoms with E-state index in [0.717, 1.165) is 55.4 Å². The number of carbonyl (C=O) groups is 1. The van der Waals surface area contributed by atoms with E-state index < -0.39 is 0 Å². The van der Waals surface area contributed by atoms with Crippen molar-refractivity contribution in [2.45, 2.75) is 92.6 Å². The molecule has 0 spiro atoms. The summed E-state index contributed by atoms with van der Waals surface area (Å²) < 4.78 is 11.6. The van der Waals surface area contributed by atoms with Gasteiger partial charge in [0.25, 0.3) is 0 Å². The highest BCUT2D eigenvalue weighted by Gasteiger charge is 2.28. The van der Waals surface area contributed by atoms with Gasteiger partial charge in [0.2, 0.25) is 0 Å². The zero-order valence-corrected chi connectivity index (χ0v) is 21.0. The van der Waals surface area contributed by atoms with Crippen LogP contribution in [0.2, 0.25) is 0 Å². The molecule has 1 aromatic rings. The number of ether oxygens (including phenoxy) is 2. The summed E-state index contributed by atoms with van der Waals surface area (Å²) in [7, 11) is 0. The lowest BCUT2D eigenvalue weighted by atomic mass is 9.93. The van der Waals surface area contributed by atoms with E-state index in [4.69, 9.17) is 9.47 Å². The molecule has 0 bridgehead atoms. The minimum absolute atomic E-state index is 0.313. The topological polar surface area (TPSA) is 35.5 Å². The molecule has 1 aliphatic heterocycles. The van der Waals surface area contributed by atoms with Crippen LogP contribution in [0.1, 0.15) is 91.2 Å². The van der Waals surface area contributed by atoms with Crippen LogP contribution in [0.3, 0.4) is 0 Å². The summed E-state index contributed by atoms with van der Waals surface area (Å²) in [6, 6.07) is 3.72. The summed E-state index contributed by atoms with van der Waals surface area (Å²) in [5.41, 5.74) is 5.91. The highest BCUT2D eigenvalue weighted by molar-refractivity contribution is 5.71. The summed E-state index contributed by atoms with van der Waals surface area (Å²) in [6.45, 7) is 14.3. The number of carbonyl (C=O) groups excluding carboxylic acids is 1. The molecule has 1 aromatic carbocycles. The summed E-state index contributed by atoms with van der Waals surface area (Å²) in [5, 5.41) is 0. The van der Waals surface area contributed by atoms with Gasteiger partial charge in [0.1, 0.15) is 17.1 Å². The van der Waals surface area contributed by atoms with Crippen molar-refractivity contribution in [3.05, 3.63) is 64.3 Å². The highest BCUT2D eigenvalue weighted by atomic mass is 16.5. The minimum atomic E-state index is -0.334. The predicted octanol–water partition coefficient (Wildman–Crippen LogP) is 8.28. The molecule has 2 rings (SSSR count). The molecular weight excluding hydrogens is 396 g/mol. The Balaban J connectivity index is 1.86. The van der Waals surface area contributed by atoms with Crippen molar-refractivity contribution >= 4 is 12.0 Å². The number of benzene rings is 1. The van der Waals surface area contributed by atoms with Gasteiger partial charge in [-0.2, -0.15) is 0 Å². The van der Waals surface area contributed by atoms with E-state index >= 15 is 0 Å². The maximum Gasteiger partial charge on any atom is 0.308 e. The molecule has 3 nitrogen and oxygen atoms in total. The molecule has 174 valence electrons. The Morgan fingerprint density at radius 3 is 2.22 bits per heavy atom. The van der Waals surface area contributed by atoms with Crippen LogP contribution in [-0.2, 0) is 4.79 Å². The van der Waals surface area contributed by atoms with Gasteiger partial charge in [-0.15, -0.1) is 0 Å². The molecule has 1 heterocycles. The molecule has 1 unspecified atom stereocenters. The lowest BCUT2D eigenvalue weighted by molar-refractivity contribution is -0.131. The molecule has 0 fully saturated rings. The van der Waals surface area contributed by atoms with Crippen LogP contribution in [0, 0.1) is 6.92 Å². The van der Waals surface area contributed by atoms with Crippen molar-refractivity contribution in [1.82, 2.24) is 0 Å². The summed E-state index contributed by atoms with van der Waals surface area (Å²) in [5.74, 6) is 1.12. The normalized spacial score (nSPS) is 18.1. The Hall–Kier alpha value is -2.55. The van der Waals surface area contributed by atoms with E-state index in [1.54, 1.807) is 0 Å². The zero-order chi connectivity index (χ0) is 23.7. The second kappa shape index (κ2) is 11.9. The number of hydrogen-bond donors (Lipinski definition) is 0. The van der Waals surface area contributed by atoms with Gasteiger partial charge in [-0.1, -0.05) is 41.0 Å². The van der Waals surface area contributed by atoms with Gasteiger partial charge in [-0.05, 0) is 104 Å². The van der Waals surface area contributed by atoms with Crippen molar-refractivity contribution < 1.29 is 14.3 Å². The summed E-state index contributed by atoms with van der Waals surface area (Å²) >= 11 is 0. The Kier molecular flexibility index (Phi) is 9.56. The van der Waals surface area contributed by atoms with Gasteiger partial charge in [0.15, 0.2) is 0 Å². The Labute approximate surface area is 194 Å². The molecule has 0 saturated carbocycles. The third-order valence-corrected chi connectivity index (χ3v) is 5.75. The average Bonchev–Trinajstić information content (AvgIpc) is 2.68. The molecule has 0 radical (unpaired) electrons. The SMILES string of the molecule is CC(=O)Oc1cc(C)c2c(c1)C=CC(C)(CCC=C(C)CCC=C(C)CCC=C(C)C)O2. The second-order valence-electron chi connectivity index (χ2n) is 9.50. The molecule has 0 saturated heterocycles. The summed E-state index contributed by atoms with van der Waals surface area (Å²) in [4.78, 5) is 11.2. The summed E-state index contributed by atoms with van der Waals surface area (Å²) in [6.07, 6.45) is 17.6. The third-order valence-electron chi connectivity index (χ3n) is 5.75. The number of esters is 1. The standard InChI is InChI=1S/C29H40O3/c1-21(2)11-8-12-22(3)13-9-14-23(4)15-10-17-29(7)18-16-26-20-27(31-25(6)30)19-24(5)28(26)32-29/h11,13,15-16,18-20H,8-10,12,14,17H2,1-7H3. The van der Waals surface area contributed by atoms with Crippen LogP contribution in [-0.4, -0.2) is 11.6 Å². The molecule has 1 atom stereocenters. The highest BCUT2D eigenvalue weighted by Crippen LogP contribution is 2.38. The van der Waals surface area contributed by atoms with Crippen LogP contribution in [0.15, 0.2) is 53.2 Å². The van der Waals surface area contributed by atoms with E-state index in [9.17, 15) is 4.79 Å². The Bertz CT molecular complexity index is 926. The average molecular weight is 437 g/mol. The maximum absolute atomic E-state index is 11.2. The van der Waals surface area contributed by atoms with E-state index in [-0.39, 0.29) is 11.6 Å². The van der Waals surface area contributed by atoms with Crippen LogP contribution < -0.4 is 9.47 Å². The maximum atomic E-state index is 11.2. The number of allylic oxidation sites excluding steroid dienone is 6. The fourth-order valence-corrected chi connectivity index (χ4v) is 3.87. The third kappa shape index (κ3) is 8.53. The molecule has 1 aliphatic rings. The molecule has 0 aromatic heterocycles. The van der Waals surface area contributed by atoms with Gasteiger partial charge in [-0.25, -0.2) is 0 Å². The van der Waals surface area contributed by atoms with Gasteiger partial charge in [0.05, 0.1) is 0 Å². The lowest BCUT2D eigenvalue weighted by Gasteiger charge is -2.32. The smallest absolute Gasteiger partial charge is 0.308 e. The molecule has 0 N–H and O–H groups in total. The van der Waals surface area contributed by atoms with Gasteiger partial charge < -0.3 is 9.47 Å². The van der Waals surface area contributed by atoms with Crippen LogP contribution in [0.4, 0.5) is 0 Å². The van der Waals surface area contributed by atoms with Crippen molar-refractivity contribution in [2.24, 2.45) is 0 Å². The van der Waals surface area contributed by atoms with E-state index in [2.05, 4.69) is 65.0 Å². The first-order chi connectivity index (χ1) is 15.1. The molecule has 0 amide bonds. The van der Waals surface area contributed by atoms with Crippen LogP contribution in [0.25, 0.3) is 6.08 Å². The fourth-order valence-electron chi connectivity index (χ4n) is 3.87. The van der Waals surface area contributed by atoms with Crippen LogP contribution >= 0.6 is 0 Å². The fraction of sp³-hybridized carbons (Fsp3) is 0.483. The van der Waals surface area contributed by atoms with Crippen molar-refractivity contribution in [1.29, 1.82) is 0 Å². The largest absolute Gasteiger partial charge is 0.483 e. The van der Waals surface area contributed by atoms with E-state index in [0.29, 0.717) is 5.75 Å². The quantitative estimate of drug-likeness (QED) is 0.210. The predicted molar refractivity (Wildman–Crippen MR) is 135 cm³/mol. The van der Waals surface area contributed by atoms with E-state index in [1.165, 1.54) is 23.6 Å². The first kappa shape index (κ1) is 25.7. The van der Waals surface area contributed by atoms with E-state index in [1.807, 2.05) is 19.1 Å². The second-order valence-corrected chi connectivity index (χ2v) is 9.50. The number of hydrogen-bond acceptors (Lipinski definition) is 3. The number of aryl methyl sites for hydroxylation is 1. The van der Waals surface area contributed by atoms with Crippen LogP contribution in [0.5, 0.6) is 11.5 Å². The molecule has 0 aliphatic carbocycles. The van der Waals surface area contributed by atoms with Gasteiger partial charge >= 0.3 is 5.97 Å². The van der Waals surface area contributed by atoms with Crippen molar-refractivity contribution in [3.8, 4) is 11.5 Å². The van der Waals surface area contributed by atoms with Crippen molar-refractivity contribution in [2.75, 3.05) is 0 Å². The molecule has 3 heteroatoms. The first-order valence-corrected chi connectivity index (χ1v) is 11.7. The number of fused-ring (bicyclic) bond motifs is 1. The van der Waals surface area contributed by atoms with Gasteiger partial charge in [-0.3, -0.25) is 4.79 Å². The molecular formula is C29H40O3. The zero-order valence-electron chi connectivity index (χ0n) is 21.0. The number of rotatable bonds is 10. The Morgan fingerprint density at radius 2 is 1.59 bits per heavy atom. The Morgan fingerprint density at radius 1 is 0.969 bits per heavy atom. The minimum Gasteiger partial charge on any atom is -0.483 e. The molecule has 32 heavy (non-hydrogen) atoms. The first-order valence-electron chi connectivity index (χ1n) is 11.7. The van der Waals surface area contributed by atoms with Crippen molar-refractivity contribution in [3.63, 3.8) is 0 Å². The monoisotopic (exact) mass is 436 g/mol. The lowest BCUT2D eigenvalue weighted by Crippen LogP contribution is -2.32. The van der Waals surface area contributed by atoms with Gasteiger partial charge in [0, 0.05) is 12.5 Å².